The predicted octanol–water partition coefficient (Wildman–Crippen LogP) is 1.78. The molecule has 0 radical (unpaired) electrons. The minimum absolute atomic E-state index is 0.229. The third-order valence-corrected chi connectivity index (χ3v) is 4.97. The number of rotatable bonds is 5. The maximum absolute atomic E-state index is 11.9. The highest BCUT2D eigenvalue weighted by atomic mass is 16.2. The van der Waals surface area contributed by atoms with Gasteiger partial charge in [-0.1, -0.05) is 0 Å². The third kappa shape index (κ3) is 3.83. The second kappa shape index (κ2) is 7.78. The van der Waals surface area contributed by atoms with Gasteiger partial charge in [0.15, 0.2) is 0 Å². The lowest BCUT2D eigenvalue weighted by molar-refractivity contribution is 0.0952. The summed E-state index contributed by atoms with van der Waals surface area (Å²) >= 11 is 0. The highest BCUT2D eigenvalue weighted by Gasteiger charge is 2.27. The Morgan fingerprint density at radius 3 is 2.69 bits per heavy atom. The average Bonchev–Trinajstić information content (AvgIpc) is 3.12. The normalized spacial score (nSPS) is 18.0. The Labute approximate surface area is 154 Å². The number of hydrogen-bond acceptors (Lipinski definition) is 6. The Balaban J connectivity index is 1.72. The van der Waals surface area contributed by atoms with Crippen LogP contribution in [0.15, 0.2) is 24.5 Å². The van der Waals surface area contributed by atoms with Crippen molar-refractivity contribution in [3.8, 4) is 0 Å². The molecule has 0 aromatic carbocycles. The number of aromatic nitrogens is 3. The smallest absolute Gasteiger partial charge is 0.288 e. The van der Waals surface area contributed by atoms with Gasteiger partial charge < -0.3 is 15.5 Å². The van der Waals surface area contributed by atoms with Gasteiger partial charge in [0, 0.05) is 55.9 Å². The SMILES string of the molecule is CNC(=O)c1nc(C)c(C)c(N2CC[C@@H](NC(C)c3ccncc3)C2)n1. The van der Waals surface area contributed by atoms with E-state index in [1.165, 1.54) is 5.56 Å². The first kappa shape index (κ1) is 18.3. The van der Waals surface area contributed by atoms with Gasteiger partial charge in [-0.2, -0.15) is 0 Å². The monoisotopic (exact) mass is 354 g/mol. The second-order valence-corrected chi connectivity index (χ2v) is 6.76. The molecular weight excluding hydrogens is 328 g/mol. The van der Waals surface area contributed by atoms with Gasteiger partial charge in [0.05, 0.1) is 0 Å². The summed E-state index contributed by atoms with van der Waals surface area (Å²) in [6, 6.07) is 4.71. The molecule has 2 aromatic rings. The number of aryl methyl sites for hydroxylation is 1. The van der Waals surface area contributed by atoms with E-state index in [1.54, 1.807) is 7.05 Å². The number of hydrogen-bond donors (Lipinski definition) is 2. The highest BCUT2D eigenvalue weighted by molar-refractivity contribution is 5.90. The molecule has 0 aliphatic carbocycles. The molecule has 0 spiro atoms. The van der Waals surface area contributed by atoms with Gasteiger partial charge in [-0.15, -0.1) is 0 Å². The molecule has 2 N–H and O–H groups in total. The van der Waals surface area contributed by atoms with Crippen LogP contribution in [0.2, 0.25) is 0 Å². The molecule has 138 valence electrons. The summed E-state index contributed by atoms with van der Waals surface area (Å²) in [4.78, 5) is 27.1. The van der Waals surface area contributed by atoms with E-state index < -0.39 is 0 Å². The lowest BCUT2D eigenvalue weighted by atomic mass is 10.1. The van der Waals surface area contributed by atoms with Crippen molar-refractivity contribution in [1.29, 1.82) is 0 Å². The molecule has 3 rings (SSSR count). The fourth-order valence-electron chi connectivity index (χ4n) is 3.33. The van der Waals surface area contributed by atoms with Gasteiger partial charge in [0.1, 0.15) is 5.82 Å². The van der Waals surface area contributed by atoms with E-state index in [0.717, 1.165) is 36.6 Å². The zero-order chi connectivity index (χ0) is 18.7. The molecule has 0 bridgehead atoms. The Bertz CT molecular complexity index is 779. The Morgan fingerprint density at radius 2 is 2.00 bits per heavy atom. The number of nitrogens with one attached hydrogen (secondary N) is 2. The number of nitrogens with zero attached hydrogens (tertiary/aromatic N) is 4. The average molecular weight is 354 g/mol. The lowest BCUT2D eigenvalue weighted by Gasteiger charge is -2.23. The van der Waals surface area contributed by atoms with Gasteiger partial charge in [-0.05, 0) is 44.9 Å². The van der Waals surface area contributed by atoms with Crippen LogP contribution in [0.5, 0.6) is 0 Å². The summed E-state index contributed by atoms with van der Waals surface area (Å²) in [5, 5.41) is 6.28. The molecule has 0 saturated carbocycles. The fraction of sp³-hybridized carbons (Fsp3) is 0.474. The van der Waals surface area contributed by atoms with Gasteiger partial charge in [-0.3, -0.25) is 9.78 Å². The maximum atomic E-state index is 11.9. The van der Waals surface area contributed by atoms with Crippen LogP contribution in [0.1, 0.15) is 46.8 Å². The molecule has 7 heteroatoms. The minimum atomic E-state index is -0.255. The first-order valence-electron chi connectivity index (χ1n) is 8.97. The molecule has 26 heavy (non-hydrogen) atoms. The summed E-state index contributed by atoms with van der Waals surface area (Å²) in [5.74, 6) is 0.832. The summed E-state index contributed by atoms with van der Waals surface area (Å²) in [6.07, 6.45) is 4.68. The van der Waals surface area contributed by atoms with Crippen LogP contribution in [0.3, 0.4) is 0 Å². The summed E-state index contributed by atoms with van der Waals surface area (Å²) < 4.78 is 0. The lowest BCUT2D eigenvalue weighted by Crippen LogP contribution is -2.35. The van der Waals surface area contributed by atoms with Crippen molar-refractivity contribution in [2.45, 2.75) is 39.3 Å². The van der Waals surface area contributed by atoms with Crippen molar-refractivity contribution in [3.63, 3.8) is 0 Å². The van der Waals surface area contributed by atoms with E-state index in [0.29, 0.717) is 6.04 Å². The Hall–Kier alpha value is -2.54. The second-order valence-electron chi connectivity index (χ2n) is 6.76. The van der Waals surface area contributed by atoms with E-state index in [9.17, 15) is 4.79 Å². The highest BCUT2D eigenvalue weighted by Crippen LogP contribution is 2.25. The van der Waals surface area contributed by atoms with Crippen molar-refractivity contribution in [1.82, 2.24) is 25.6 Å². The molecule has 7 nitrogen and oxygen atoms in total. The zero-order valence-electron chi connectivity index (χ0n) is 15.8. The van der Waals surface area contributed by atoms with E-state index in [4.69, 9.17) is 0 Å². The van der Waals surface area contributed by atoms with E-state index in [-0.39, 0.29) is 17.8 Å². The Morgan fingerprint density at radius 1 is 1.27 bits per heavy atom. The van der Waals surface area contributed by atoms with Crippen LogP contribution < -0.4 is 15.5 Å². The van der Waals surface area contributed by atoms with Crippen molar-refractivity contribution in [2.75, 3.05) is 25.0 Å². The van der Waals surface area contributed by atoms with Gasteiger partial charge >= 0.3 is 0 Å². The van der Waals surface area contributed by atoms with Gasteiger partial charge in [0.25, 0.3) is 5.91 Å². The first-order valence-corrected chi connectivity index (χ1v) is 8.97. The van der Waals surface area contributed by atoms with Crippen LogP contribution >= 0.6 is 0 Å². The molecule has 1 aliphatic heterocycles. The predicted molar refractivity (Wildman–Crippen MR) is 101 cm³/mol. The summed E-state index contributed by atoms with van der Waals surface area (Å²) in [7, 11) is 1.59. The van der Waals surface area contributed by atoms with Crippen molar-refractivity contribution < 1.29 is 4.79 Å². The number of pyridine rings is 1. The van der Waals surface area contributed by atoms with E-state index in [1.807, 2.05) is 38.4 Å². The standard InChI is InChI=1S/C19H26N6O/c1-12-13(2)23-17(19(26)20-4)24-18(12)25-10-7-16(11-25)22-14(3)15-5-8-21-9-6-15/h5-6,8-9,14,16,22H,7,10-11H2,1-4H3,(H,20,26)/t14?,16-/m1/s1. The third-order valence-electron chi connectivity index (χ3n) is 4.97. The topological polar surface area (TPSA) is 83.0 Å². The molecule has 1 amide bonds. The molecule has 1 saturated heterocycles. The molecule has 1 fully saturated rings. The van der Waals surface area contributed by atoms with Gasteiger partial charge in [-0.25, -0.2) is 9.97 Å². The molecule has 2 aromatic heterocycles. The largest absolute Gasteiger partial charge is 0.355 e. The molecule has 1 aliphatic rings. The number of anilines is 1. The van der Waals surface area contributed by atoms with E-state index in [2.05, 4.69) is 37.4 Å². The van der Waals surface area contributed by atoms with E-state index >= 15 is 0 Å². The van der Waals surface area contributed by atoms with Crippen LogP contribution in [0.4, 0.5) is 5.82 Å². The maximum Gasteiger partial charge on any atom is 0.288 e. The first-order chi connectivity index (χ1) is 12.5. The quantitative estimate of drug-likeness (QED) is 0.852. The van der Waals surface area contributed by atoms with Gasteiger partial charge in [0.2, 0.25) is 5.82 Å². The number of carbonyl (C=O) groups excluding carboxylic acids is 1. The molecular formula is C19H26N6O. The van der Waals surface area contributed by atoms with Crippen molar-refractivity contribution in [3.05, 3.63) is 47.2 Å². The Kier molecular flexibility index (Phi) is 5.46. The van der Waals surface area contributed by atoms with Crippen LogP contribution in [-0.2, 0) is 0 Å². The molecule has 3 heterocycles. The fourth-order valence-corrected chi connectivity index (χ4v) is 3.33. The molecule has 1 unspecified atom stereocenters. The summed E-state index contributed by atoms with van der Waals surface area (Å²) in [6.45, 7) is 7.87. The van der Waals surface area contributed by atoms with Crippen molar-refractivity contribution >= 4 is 11.7 Å². The zero-order valence-corrected chi connectivity index (χ0v) is 15.8. The van der Waals surface area contributed by atoms with Crippen molar-refractivity contribution in [2.24, 2.45) is 0 Å². The summed E-state index contributed by atoms with van der Waals surface area (Å²) in [5.41, 5.74) is 3.10. The number of amides is 1. The molecule has 2 atom stereocenters. The minimum Gasteiger partial charge on any atom is -0.355 e. The number of carbonyl (C=O) groups is 1. The van der Waals surface area contributed by atoms with Crippen LogP contribution in [-0.4, -0.2) is 47.0 Å². The van der Waals surface area contributed by atoms with Crippen LogP contribution in [0, 0.1) is 13.8 Å². The van der Waals surface area contributed by atoms with Crippen LogP contribution in [0.25, 0.3) is 0 Å².